The van der Waals surface area contributed by atoms with Crippen molar-refractivity contribution in [1.82, 2.24) is 0 Å². The molecule has 0 heterocycles. The number of nitrogens with two attached hydrogens (primary N) is 1. The fourth-order valence-electron chi connectivity index (χ4n) is 7.59. The smallest absolute Gasteiger partial charge is 0.307 e. The first-order valence-electron chi connectivity index (χ1n) is 11.8. The van der Waals surface area contributed by atoms with Crippen LogP contribution < -0.4 is 5.73 Å². The van der Waals surface area contributed by atoms with Gasteiger partial charge in [0.15, 0.2) is 18.1 Å². The molecule has 0 aliphatic heterocycles. The molecule has 8 heteroatoms. The van der Waals surface area contributed by atoms with E-state index >= 15 is 4.39 Å². The van der Waals surface area contributed by atoms with E-state index in [1.165, 1.54) is 12.2 Å². The van der Waals surface area contributed by atoms with Crippen LogP contribution in [0.3, 0.4) is 0 Å². The lowest BCUT2D eigenvalue weighted by atomic mass is 9.44. The van der Waals surface area contributed by atoms with Crippen LogP contribution in [0.1, 0.15) is 52.9 Å². The van der Waals surface area contributed by atoms with E-state index in [4.69, 9.17) is 10.5 Å². The van der Waals surface area contributed by atoms with Gasteiger partial charge in [-0.25, -0.2) is 4.39 Å². The van der Waals surface area contributed by atoms with Gasteiger partial charge in [0.1, 0.15) is 5.60 Å². The number of aliphatic hydroxyl groups excluding tert-OH is 1. The minimum absolute atomic E-state index is 0.0310. The highest BCUT2D eigenvalue weighted by Gasteiger charge is 2.75. The van der Waals surface area contributed by atoms with Crippen LogP contribution in [-0.4, -0.2) is 58.3 Å². The largest absolute Gasteiger partial charge is 0.458 e. The van der Waals surface area contributed by atoms with Crippen molar-refractivity contribution < 1.29 is 33.7 Å². The summed E-state index contributed by atoms with van der Waals surface area (Å²) in [5.41, 5.74) is -0.0826. The molecule has 3 fully saturated rings. The molecule has 8 atom stereocenters. The normalized spacial score (nSPS) is 46.2. The molecule has 3 saturated carbocycles. The third-order valence-corrected chi connectivity index (χ3v) is 9.36. The summed E-state index contributed by atoms with van der Waals surface area (Å²) < 4.78 is 22.1. The molecule has 0 aromatic rings. The number of carbonyl (C=O) groups is 3. The van der Waals surface area contributed by atoms with Gasteiger partial charge in [0.25, 0.3) is 0 Å². The Hall–Kier alpha value is -1.90. The minimum atomic E-state index is -2.03. The third kappa shape index (κ3) is 3.06. The fourth-order valence-corrected chi connectivity index (χ4v) is 7.59. The second-order valence-electron chi connectivity index (χ2n) is 10.8. The first-order chi connectivity index (χ1) is 15.4. The molecule has 0 amide bonds. The molecule has 182 valence electrons. The second kappa shape index (κ2) is 7.82. The van der Waals surface area contributed by atoms with Crippen LogP contribution in [-0.2, 0) is 19.1 Å². The lowest BCUT2D eigenvalue weighted by Gasteiger charge is -2.62. The summed E-state index contributed by atoms with van der Waals surface area (Å²) in [6, 6.07) is 0. The lowest BCUT2D eigenvalue weighted by molar-refractivity contribution is -0.220. The zero-order chi connectivity index (χ0) is 24.4. The molecule has 0 unspecified atom stereocenters. The number of esters is 1. The van der Waals surface area contributed by atoms with Crippen molar-refractivity contribution in [1.29, 1.82) is 0 Å². The number of carbonyl (C=O) groups excluding carboxylic acids is 3. The molecule has 0 radical (unpaired) electrons. The first kappa shape index (κ1) is 24.2. The highest BCUT2D eigenvalue weighted by atomic mass is 19.1. The summed E-state index contributed by atoms with van der Waals surface area (Å²) >= 11 is 0. The van der Waals surface area contributed by atoms with E-state index in [0.29, 0.717) is 24.8 Å². The molecule has 0 aromatic carbocycles. The quantitative estimate of drug-likeness (QED) is 0.531. The van der Waals surface area contributed by atoms with Gasteiger partial charge in [0, 0.05) is 23.3 Å². The Kier molecular flexibility index (Phi) is 5.74. The van der Waals surface area contributed by atoms with Gasteiger partial charge in [-0.2, -0.15) is 0 Å². The van der Waals surface area contributed by atoms with E-state index in [2.05, 4.69) is 0 Å². The number of Topliss-reactive ketones (excluding diaryl/α,β-unsaturated/α-hetero) is 1. The molecule has 0 spiro atoms. The van der Waals surface area contributed by atoms with E-state index in [9.17, 15) is 24.6 Å². The van der Waals surface area contributed by atoms with E-state index in [0.717, 1.165) is 0 Å². The van der Waals surface area contributed by atoms with Crippen molar-refractivity contribution in [2.75, 3.05) is 13.2 Å². The molecule has 0 bridgehead atoms. The standard InChI is InChI=1S/C25H34FNO6/c1-14-10-18-17-5-4-15-11-16(28)6-8-22(15,2)24(17,26)19(29)12-23(18,3)25(14,32)20(30)13-33-21(31)7-9-27/h6,8,11,14,17-19,29,32H,4-5,7,9-10,12-13,27H2,1-3H3/t14-,17-,18-,19-,22-,23-,24-,25-/m0/s1. The summed E-state index contributed by atoms with van der Waals surface area (Å²) in [7, 11) is 0. The predicted molar refractivity (Wildman–Crippen MR) is 117 cm³/mol. The number of ether oxygens (including phenoxy) is 1. The molecular formula is C25H34FNO6. The fraction of sp³-hybridized carbons (Fsp3) is 0.720. The van der Waals surface area contributed by atoms with Gasteiger partial charge in [-0.1, -0.05) is 25.5 Å². The van der Waals surface area contributed by atoms with Gasteiger partial charge < -0.3 is 20.7 Å². The second-order valence-corrected chi connectivity index (χ2v) is 10.8. The number of aliphatic hydroxyl groups is 2. The summed E-state index contributed by atoms with van der Waals surface area (Å²) in [4.78, 5) is 36.9. The van der Waals surface area contributed by atoms with Crippen molar-refractivity contribution in [3.63, 3.8) is 0 Å². The number of ketones is 2. The van der Waals surface area contributed by atoms with E-state index in [1.54, 1.807) is 26.8 Å². The number of halogens is 1. The Morgan fingerprint density at radius 1 is 1.30 bits per heavy atom. The Bertz CT molecular complexity index is 947. The van der Waals surface area contributed by atoms with Crippen LogP contribution in [0.25, 0.3) is 0 Å². The summed E-state index contributed by atoms with van der Waals surface area (Å²) in [5.74, 6) is -2.90. The van der Waals surface area contributed by atoms with Gasteiger partial charge in [0.05, 0.1) is 12.5 Å². The van der Waals surface area contributed by atoms with E-state index in [-0.39, 0.29) is 31.1 Å². The molecule has 4 aliphatic carbocycles. The third-order valence-electron chi connectivity index (χ3n) is 9.36. The maximum Gasteiger partial charge on any atom is 0.307 e. The van der Waals surface area contributed by atoms with Crippen LogP contribution in [0.4, 0.5) is 4.39 Å². The predicted octanol–water partition coefficient (Wildman–Crippen LogP) is 1.80. The van der Waals surface area contributed by atoms with Gasteiger partial charge >= 0.3 is 5.97 Å². The van der Waals surface area contributed by atoms with Crippen molar-refractivity contribution in [2.45, 2.75) is 70.2 Å². The summed E-state index contributed by atoms with van der Waals surface area (Å²) in [6.45, 7) is 4.74. The van der Waals surface area contributed by atoms with Crippen molar-refractivity contribution >= 4 is 17.5 Å². The number of hydrogen-bond acceptors (Lipinski definition) is 7. The Balaban J connectivity index is 1.69. The molecule has 33 heavy (non-hydrogen) atoms. The van der Waals surface area contributed by atoms with Crippen LogP contribution >= 0.6 is 0 Å². The minimum Gasteiger partial charge on any atom is -0.458 e. The van der Waals surface area contributed by atoms with E-state index < -0.39 is 58.4 Å². The zero-order valence-electron chi connectivity index (χ0n) is 19.5. The molecule has 4 aliphatic rings. The number of alkyl halides is 1. The highest BCUT2D eigenvalue weighted by Crippen LogP contribution is 2.70. The molecule has 7 nitrogen and oxygen atoms in total. The molecule has 0 saturated heterocycles. The monoisotopic (exact) mass is 463 g/mol. The SMILES string of the molecule is C[C@H]1C[C@H]2[C@@H]3CCC4=CC(=O)C=C[C@]4(C)[C@@]3(F)[C@@H](O)C[C@]2(C)[C@@]1(O)C(=O)COC(=O)CCN. The van der Waals surface area contributed by atoms with Gasteiger partial charge in [-0.3, -0.25) is 14.4 Å². The topological polar surface area (TPSA) is 127 Å². The van der Waals surface area contributed by atoms with Crippen molar-refractivity contribution in [3.05, 3.63) is 23.8 Å². The van der Waals surface area contributed by atoms with Crippen molar-refractivity contribution in [3.8, 4) is 0 Å². The molecule has 0 aromatic heterocycles. The number of hydrogen-bond donors (Lipinski definition) is 3. The van der Waals surface area contributed by atoms with Crippen molar-refractivity contribution in [2.24, 2.45) is 34.3 Å². The maximum absolute atomic E-state index is 17.1. The Morgan fingerprint density at radius 3 is 2.67 bits per heavy atom. The lowest BCUT2D eigenvalue weighted by Crippen LogP contribution is -2.69. The Morgan fingerprint density at radius 2 is 2.00 bits per heavy atom. The molecule has 4 N–H and O–H groups in total. The number of rotatable bonds is 5. The van der Waals surface area contributed by atoms with Crippen LogP contribution in [0.5, 0.6) is 0 Å². The molecular weight excluding hydrogens is 429 g/mol. The maximum atomic E-state index is 17.1. The summed E-state index contributed by atoms with van der Waals surface area (Å²) in [5, 5.41) is 23.1. The number of fused-ring (bicyclic) bond motifs is 5. The van der Waals surface area contributed by atoms with E-state index in [1.807, 2.05) is 0 Å². The zero-order valence-corrected chi connectivity index (χ0v) is 19.5. The van der Waals surface area contributed by atoms with Crippen LogP contribution in [0, 0.1) is 28.6 Å². The summed E-state index contributed by atoms with van der Waals surface area (Å²) in [6.07, 6.45) is 4.17. The van der Waals surface area contributed by atoms with Crippen LogP contribution in [0.15, 0.2) is 23.8 Å². The van der Waals surface area contributed by atoms with Gasteiger partial charge in [0.2, 0.25) is 5.78 Å². The first-order valence-corrected chi connectivity index (χ1v) is 11.8. The van der Waals surface area contributed by atoms with Crippen LogP contribution in [0.2, 0.25) is 0 Å². The van der Waals surface area contributed by atoms with Gasteiger partial charge in [-0.05, 0) is 56.6 Å². The highest BCUT2D eigenvalue weighted by molar-refractivity contribution is 6.01. The van der Waals surface area contributed by atoms with Gasteiger partial charge in [-0.15, -0.1) is 0 Å². The Labute approximate surface area is 193 Å². The number of allylic oxidation sites excluding steroid dienone is 4. The molecule has 4 rings (SSSR count). The average Bonchev–Trinajstić information content (AvgIpc) is 2.95. The average molecular weight is 464 g/mol.